The highest BCUT2D eigenvalue weighted by atomic mass is 16.5. The van der Waals surface area contributed by atoms with Gasteiger partial charge in [0.1, 0.15) is 0 Å². The highest BCUT2D eigenvalue weighted by Gasteiger charge is 2.13. The van der Waals surface area contributed by atoms with E-state index >= 15 is 0 Å². The van der Waals surface area contributed by atoms with E-state index in [0.717, 1.165) is 5.56 Å². The number of aryl methyl sites for hydroxylation is 1. The van der Waals surface area contributed by atoms with Crippen LogP contribution in [0.5, 0.6) is 11.5 Å². The van der Waals surface area contributed by atoms with Gasteiger partial charge in [0, 0.05) is 11.8 Å². The molecule has 0 radical (unpaired) electrons. The normalized spacial score (nSPS) is 9.96. The average Bonchev–Trinajstić information content (AvgIpc) is 2.60. The zero-order valence-corrected chi connectivity index (χ0v) is 13.8. The quantitative estimate of drug-likeness (QED) is 0.825. The second-order valence-corrected chi connectivity index (χ2v) is 5.01. The van der Waals surface area contributed by atoms with Crippen molar-refractivity contribution in [2.24, 2.45) is 0 Å². The molecule has 0 spiro atoms. The molecule has 6 heteroatoms. The Kier molecular flexibility index (Phi) is 5.78. The number of anilines is 1. The first-order valence-electron chi connectivity index (χ1n) is 7.29. The molecule has 6 nitrogen and oxygen atoms in total. The number of esters is 1. The minimum absolute atomic E-state index is 0.373. The lowest BCUT2D eigenvalue weighted by Gasteiger charge is -2.11. The van der Waals surface area contributed by atoms with Crippen molar-refractivity contribution in [1.29, 1.82) is 0 Å². The Morgan fingerprint density at radius 2 is 1.71 bits per heavy atom. The van der Waals surface area contributed by atoms with Crippen LogP contribution in [0, 0.1) is 6.92 Å². The van der Waals surface area contributed by atoms with Crippen molar-refractivity contribution in [3.63, 3.8) is 0 Å². The van der Waals surface area contributed by atoms with Crippen LogP contribution in [0.4, 0.5) is 5.69 Å². The Balaban J connectivity index is 1.94. The lowest BCUT2D eigenvalue weighted by Crippen LogP contribution is -2.21. The molecule has 0 bridgehead atoms. The molecule has 0 saturated heterocycles. The van der Waals surface area contributed by atoms with Gasteiger partial charge in [-0.1, -0.05) is 18.2 Å². The molecule has 126 valence electrons. The number of rotatable bonds is 6. The number of methoxy groups -OCH3 is 2. The Hall–Kier alpha value is -3.02. The smallest absolute Gasteiger partial charge is 0.338 e. The van der Waals surface area contributed by atoms with E-state index in [1.807, 2.05) is 6.07 Å². The van der Waals surface area contributed by atoms with Crippen molar-refractivity contribution in [2.45, 2.75) is 6.92 Å². The van der Waals surface area contributed by atoms with E-state index in [9.17, 15) is 9.59 Å². The van der Waals surface area contributed by atoms with Crippen LogP contribution < -0.4 is 14.8 Å². The number of ether oxygens (including phenoxy) is 3. The average molecular weight is 329 g/mol. The van der Waals surface area contributed by atoms with Crippen LogP contribution >= 0.6 is 0 Å². The van der Waals surface area contributed by atoms with Gasteiger partial charge in [-0.3, -0.25) is 4.79 Å². The molecule has 0 aliphatic rings. The summed E-state index contributed by atoms with van der Waals surface area (Å²) in [5, 5.41) is 2.64. The van der Waals surface area contributed by atoms with Crippen molar-refractivity contribution in [2.75, 3.05) is 26.1 Å². The lowest BCUT2D eigenvalue weighted by molar-refractivity contribution is -0.119. The fourth-order valence-electron chi connectivity index (χ4n) is 2.12. The van der Waals surface area contributed by atoms with Crippen LogP contribution in [0.3, 0.4) is 0 Å². The number of carbonyl (C=O) groups is 2. The Morgan fingerprint density at radius 3 is 2.38 bits per heavy atom. The fourth-order valence-corrected chi connectivity index (χ4v) is 2.12. The molecule has 24 heavy (non-hydrogen) atoms. The molecule has 2 rings (SSSR count). The largest absolute Gasteiger partial charge is 0.493 e. The molecular formula is C18H19NO5. The number of hydrogen-bond acceptors (Lipinski definition) is 5. The molecule has 0 fully saturated rings. The predicted molar refractivity (Wildman–Crippen MR) is 89.6 cm³/mol. The summed E-state index contributed by atoms with van der Waals surface area (Å²) in [5.74, 6) is 0.0772. The number of carbonyl (C=O) groups excluding carboxylic acids is 2. The first kappa shape index (κ1) is 17.3. The van der Waals surface area contributed by atoms with Crippen molar-refractivity contribution in [3.05, 3.63) is 53.6 Å². The van der Waals surface area contributed by atoms with Gasteiger partial charge < -0.3 is 19.5 Å². The third kappa shape index (κ3) is 4.25. The molecule has 0 unspecified atom stereocenters. The van der Waals surface area contributed by atoms with E-state index in [-0.39, 0.29) is 6.61 Å². The maximum Gasteiger partial charge on any atom is 0.338 e. The molecule has 0 aliphatic carbocycles. The molecule has 1 N–H and O–H groups in total. The molecule has 1 amide bonds. The van der Waals surface area contributed by atoms with Gasteiger partial charge in [0.05, 0.1) is 19.8 Å². The van der Waals surface area contributed by atoms with E-state index in [0.29, 0.717) is 22.7 Å². The molecule has 0 saturated carbocycles. The number of hydrogen-bond donors (Lipinski definition) is 1. The molecule has 2 aromatic rings. The lowest BCUT2D eigenvalue weighted by atomic mass is 10.1. The van der Waals surface area contributed by atoms with Gasteiger partial charge in [0.2, 0.25) is 0 Å². The van der Waals surface area contributed by atoms with E-state index < -0.39 is 11.9 Å². The SMILES string of the molecule is COc1ccc(NC(=O)COC(=O)c2ccccc2C)cc1OC. The standard InChI is InChI=1S/C18H19NO5/c1-12-6-4-5-7-14(12)18(21)24-11-17(20)19-13-8-9-15(22-2)16(10-13)23-3/h4-10H,11H2,1-3H3,(H,19,20). The van der Waals surface area contributed by atoms with Crippen LogP contribution in [0.15, 0.2) is 42.5 Å². The summed E-state index contributed by atoms with van der Waals surface area (Å²) in [4.78, 5) is 23.9. The van der Waals surface area contributed by atoms with Gasteiger partial charge in [0.15, 0.2) is 18.1 Å². The zero-order valence-electron chi connectivity index (χ0n) is 13.8. The summed E-state index contributed by atoms with van der Waals surface area (Å²) in [5.41, 5.74) is 1.75. The Morgan fingerprint density at radius 1 is 1.00 bits per heavy atom. The predicted octanol–water partition coefficient (Wildman–Crippen LogP) is 2.81. The van der Waals surface area contributed by atoms with E-state index in [1.165, 1.54) is 14.2 Å². The first-order valence-corrected chi connectivity index (χ1v) is 7.29. The fraction of sp³-hybridized carbons (Fsp3) is 0.222. The highest BCUT2D eigenvalue weighted by Crippen LogP contribution is 2.29. The summed E-state index contributed by atoms with van der Waals surface area (Å²) in [6.45, 7) is 1.43. The summed E-state index contributed by atoms with van der Waals surface area (Å²) < 4.78 is 15.3. The second-order valence-electron chi connectivity index (χ2n) is 5.01. The van der Waals surface area contributed by atoms with Crippen LogP contribution in [0.2, 0.25) is 0 Å². The Bertz CT molecular complexity index is 742. The summed E-state index contributed by atoms with van der Waals surface area (Å²) in [6, 6.07) is 12.0. The van der Waals surface area contributed by atoms with Gasteiger partial charge in [-0.25, -0.2) is 4.79 Å². The first-order chi connectivity index (χ1) is 11.5. The van der Waals surface area contributed by atoms with Crippen molar-refractivity contribution in [3.8, 4) is 11.5 Å². The van der Waals surface area contributed by atoms with Crippen molar-refractivity contribution < 1.29 is 23.8 Å². The summed E-state index contributed by atoms with van der Waals surface area (Å²) >= 11 is 0. The van der Waals surface area contributed by atoms with Crippen LogP contribution in [-0.4, -0.2) is 32.7 Å². The van der Waals surface area contributed by atoms with Gasteiger partial charge >= 0.3 is 5.97 Å². The Labute approximate surface area is 140 Å². The van der Waals surface area contributed by atoms with Gasteiger partial charge in [-0.15, -0.1) is 0 Å². The molecule has 0 aliphatic heterocycles. The minimum atomic E-state index is -0.532. The van der Waals surface area contributed by atoms with E-state index in [4.69, 9.17) is 14.2 Å². The summed E-state index contributed by atoms with van der Waals surface area (Å²) in [6.07, 6.45) is 0. The maximum absolute atomic E-state index is 12.0. The highest BCUT2D eigenvalue weighted by molar-refractivity contribution is 5.96. The third-order valence-corrected chi connectivity index (χ3v) is 3.37. The van der Waals surface area contributed by atoms with Crippen LogP contribution in [0.25, 0.3) is 0 Å². The van der Waals surface area contributed by atoms with Crippen LogP contribution in [-0.2, 0) is 9.53 Å². The number of benzene rings is 2. The molecule has 0 aromatic heterocycles. The molecule has 0 heterocycles. The third-order valence-electron chi connectivity index (χ3n) is 3.37. The topological polar surface area (TPSA) is 73.9 Å². The van der Waals surface area contributed by atoms with Gasteiger partial charge in [0.25, 0.3) is 5.91 Å². The van der Waals surface area contributed by atoms with Crippen molar-refractivity contribution >= 4 is 17.6 Å². The monoisotopic (exact) mass is 329 g/mol. The van der Waals surface area contributed by atoms with Gasteiger partial charge in [-0.05, 0) is 30.7 Å². The molecule has 2 aromatic carbocycles. The summed E-state index contributed by atoms with van der Waals surface area (Å²) in [7, 11) is 3.04. The van der Waals surface area contributed by atoms with Crippen molar-refractivity contribution in [1.82, 2.24) is 0 Å². The number of amides is 1. The second kappa shape index (κ2) is 8.01. The van der Waals surface area contributed by atoms with E-state index in [2.05, 4.69) is 5.32 Å². The number of nitrogens with one attached hydrogen (secondary N) is 1. The van der Waals surface area contributed by atoms with Crippen LogP contribution in [0.1, 0.15) is 15.9 Å². The zero-order chi connectivity index (χ0) is 17.5. The molecule has 0 atom stereocenters. The van der Waals surface area contributed by atoms with Gasteiger partial charge in [-0.2, -0.15) is 0 Å². The minimum Gasteiger partial charge on any atom is -0.493 e. The van der Waals surface area contributed by atoms with E-state index in [1.54, 1.807) is 43.3 Å². The maximum atomic E-state index is 12.0. The molecular weight excluding hydrogens is 310 g/mol.